The van der Waals surface area contributed by atoms with Gasteiger partial charge >= 0.3 is 5.97 Å². The van der Waals surface area contributed by atoms with Gasteiger partial charge < -0.3 is 15.0 Å². The number of aromatic nitrogens is 1. The fourth-order valence-electron chi connectivity index (χ4n) is 2.59. The number of hydrogen-bond acceptors (Lipinski definition) is 2. The van der Waals surface area contributed by atoms with Crippen molar-refractivity contribution >= 4 is 22.8 Å². The van der Waals surface area contributed by atoms with Crippen LogP contribution in [0.15, 0.2) is 24.3 Å². The van der Waals surface area contributed by atoms with Gasteiger partial charge in [-0.3, -0.25) is 4.79 Å². The number of carbonyl (C=O) groups excluding carboxylic acids is 1. The molecule has 118 valence electrons. The van der Waals surface area contributed by atoms with Gasteiger partial charge in [0.15, 0.2) is 0 Å². The second-order valence-corrected chi connectivity index (χ2v) is 5.83. The molecule has 5 heteroatoms. The average molecular weight is 302 g/mol. The summed E-state index contributed by atoms with van der Waals surface area (Å²) in [7, 11) is 1.81. The first-order valence-corrected chi connectivity index (χ1v) is 7.45. The third-order valence-corrected chi connectivity index (χ3v) is 4.20. The van der Waals surface area contributed by atoms with E-state index in [4.69, 9.17) is 0 Å². The minimum absolute atomic E-state index is 0.127. The molecule has 2 atom stereocenters. The topological polar surface area (TPSA) is 71.3 Å². The smallest absolute Gasteiger partial charge is 0.326 e. The molecule has 22 heavy (non-hydrogen) atoms. The maximum atomic E-state index is 12.5. The van der Waals surface area contributed by atoms with Crippen molar-refractivity contribution in [1.82, 2.24) is 9.88 Å². The molecule has 0 spiro atoms. The van der Waals surface area contributed by atoms with Crippen LogP contribution in [0.1, 0.15) is 36.3 Å². The Balaban J connectivity index is 2.33. The highest BCUT2D eigenvalue weighted by Crippen LogP contribution is 2.20. The van der Waals surface area contributed by atoms with E-state index in [1.54, 1.807) is 10.6 Å². The zero-order valence-electron chi connectivity index (χ0n) is 13.4. The zero-order valence-corrected chi connectivity index (χ0v) is 13.4. The molecule has 5 nitrogen and oxygen atoms in total. The number of hydrogen-bond donors (Lipinski definition) is 2. The molecule has 0 bridgehead atoms. The Morgan fingerprint density at radius 1 is 1.32 bits per heavy atom. The highest BCUT2D eigenvalue weighted by Gasteiger charge is 2.26. The molecule has 0 fully saturated rings. The van der Waals surface area contributed by atoms with Crippen molar-refractivity contribution in [3.63, 3.8) is 0 Å². The summed E-state index contributed by atoms with van der Waals surface area (Å²) in [6.45, 7) is 5.73. The van der Waals surface area contributed by atoms with Crippen LogP contribution in [-0.2, 0) is 11.8 Å². The first-order chi connectivity index (χ1) is 10.3. The molecular weight excluding hydrogens is 280 g/mol. The van der Waals surface area contributed by atoms with Crippen molar-refractivity contribution < 1.29 is 14.7 Å². The lowest BCUT2D eigenvalue weighted by atomic mass is 9.99. The van der Waals surface area contributed by atoms with Gasteiger partial charge in [0.05, 0.1) is 0 Å². The van der Waals surface area contributed by atoms with Gasteiger partial charge in [0.1, 0.15) is 11.7 Å². The average Bonchev–Trinajstić information content (AvgIpc) is 2.79. The van der Waals surface area contributed by atoms with E-state index in [0.29, 0.717) is 12.1 Å². The van der Waals surface area contributed by atoms with Crippen LogP contribution in [0.3, 0.4) is 0 Å². The van der Waals surface area contributed by atoms with Gasteiger partial charge in [0.25, 0.3) is 5.91 Å². The molecule has 0 aliphatic rings. The highest BCUT2D eigenvalue weighted by atomic mass is 16.4. The van der Waals surface area contributed by atoms with Crippen LogP contribution in [0.4, 0.5) is 0 Å². The maximum absolute atomic E-state index is 12.5. The lowest BCUT2D eigenvalue weighted by Crippen LogP contribution is -2.45. The molecule has 2 N–H and O–H groups in total. The number of benzene rings is 1. The van der Waals surface area contributed by atoms with E-state index in [0.717, 1.165) is 16.5 Å². The monoisotopic (exact) mass is 302 g/mol. The van der Waals surface area contributed by atoms with Gasteiger partial charge in [-0.05, 0) is 31.0 Å². The van der Waals surface area contributed by atoms with Gasteiger partial charge in [0.2, 0.25) is 0 Å². The Morgan fingerprint density at radius 3 is 2.59 bits per heavy atom. The molecule has 0 radical (unpaired) electrons. The predicted molar refractivity (Wildman–Crippen MR) is 86.0 cm³/mol. The van der Waals surface area contributed by atoms with Crippen LogP contribution < -0.4 is 5.32 Å². The number of rotatable bonds is 5. The number of carbonyl (C=O) groups is 2. The van der Waals surface area contributed by atoms with Gasteiger partial charge in [-0.1, -0.05) is 31.9 Å². The first kappa shape index (κ1) is 16.1. The van der Waals surface area contributed by atoms with Crippen LogP contribution in [0.2, 0.25) is 0 Å². The molecule has 0 aliphatic heterocycles. The fourth-order valence-corrected chi connectivity index (χ4v) is 2.59. The number of aliphatic carboxylic acids is 1. The highest BCUT2D eigenvalue weighted by molar-refractivity contribution is 6.00. The molecule has 1 amide bonds. The molecule has 0 unspecified atom stereocenters. The normalized spacial score (nSPS) is 13.8. The molecule has 0 saturated heterocycles. The molecule has 1 heterocycles. The van der Waals surface area contributed by atoms with E-state index >= 15 is 0 Å². The van der Waals surface area contributed by atoms with Gasteiger partial charge in [-0.2, -0.15) is 0 Å². The summed E-state index contributed by atoms with van der Waals surface area (Å²) in [6.07, 6.45) is 0.686. The van der Waals surface area contributed by atoms with Crippen molar-refractivity contribution in [1.29, 1.82) is 0 Å². The van der Waals surface area contributed by atoms with E-state index < -0.39 is 12.0 Å². The standard InChI is InChI=1S/C17H22N2O3/c1-5-11(3)15(17(21)22)18-16(20)14-9-12-8-10(2)6-7-13(12)19(14)4/h6-9,11,15H,5H2,1-4H3,(H,18,20)(H,21,22)/t11-,15-/m0/s1. The minimum Gasteiger partial charge on any atom is -0.480 e. The summed E-state index contributed by atoms with van der Waals surface area (Å²) in [4.78, 5) is 23.8. The van der Waals surface area contributed by atoms with E-state index in [9.17, 15) is 14.7 Å². The molecule has 1 aromatic carbocycles. The van der Waals surface area contributed by atoms with E-state index in [-0.39, 0.29) is 11.8 Å². The Labute approximate surface area is 129 Å². The molecule has 2 aromatic rings. The molecule has 0 saturated carbocycles. The number of aryl methyl sites for hydroxylation is 2. The van der Waals surface area contributed by atoms with E-state index in [2.05, 4.69) is 5.32 Å². The predicted octanol–water partition coefficient (Wildman–Crippen LogP) is 2.72. The third kappa shape index (κ3) is 2.98. The summed E-state index contributed by atoms with van der Waals surface area (Å²) in [5, 5.41) is 12.9. The second kappa shape index (κ2) is 6.22. The number of carboxylic acid groups (broad SMARTS) is 1. The molecule has 2 rings (SSSR count). The van der Waals surface area contributed by atoms with Crippen molar-refractivity contribution in [2.45, 2.75) is 33.2 Å². The number of nitrogens with one attached hydrogen (secondary N) is 1. The maximum Gasteiger partial charge on any atom is 0.326 e. The largest absolute Gasteiger partial charge is 0.480 e. The molecular formula is C17H22N2O3. The Morgan fingerprint density at radius 2 is 2.00 bits per heavy atom. The number of nitrogens with zero attached hydrogens (tertiary/aromatic N) is 1. The van der Waals surface area contributed by atoms with Gasteiger partial charge in [-0.25, -0.2) is 4.79 Å². The summed E-state index contributed by atoms with van der Waals surface area (Å²) in [6, 6.07) is 6.88. The Hall–Kier alpha value is -2.30. The summed E-state index contributed by atoms with van der Waals surface area (Å²) < 4.78 is 1.79. The lowest BCUT2D eigenvalue weighted by molar-refractivity contribution is -0.140. The van der Waals surface area contributed by atoms with Crippen molar-refractivity contribution in [3.05, 3.63) is 35.5 Å². The Kier molecular flexibility index (Phi) is 4.54. The van der Waals surface area contributed by atoms with Gasteiger partial charge in [0, 0.05) is 18.0 Å². The van der Waals surface area contributed by atoms with Crippen LogP contribution in [0.5, 0.6) is 0 Å². The summed E-state index contributed by atoms with van der Waals surface area (Å²) in [5.74, 6) is -1.49. The summed E-state index contributed by atoms with van der Waals surface area (Å²) in [5.41, 5.74) is 2.54. The van der Waals surface area contributed by atoms with Crippen molar-refractivity contribution in [3.8, 4) is 0 Å². The third-order valence-electron chi connectivity index (χ3n) is 4.20. The van der Waals surface area contributed by atoms with E-state index in [1.807, 2.05) is 46.0 Å². The number of amides is 1. The quantitative estimate of drug-likeness (QED) is 0.892. The molecule has 0 aliphatic carbocycles. The van der Waals surface area contributed by atoms with E-state index in [1.165, 1.54) is 0 Å². The van der Waals surface area contributed by atoms with Crippen molar-refractivity contribution in [2.24, 2.45) is 13.0 Å². The van der Waals surface area contributed by atoms with Crippen LogP contribution in [0.25, 0.3) is 10.9 Å². The van der Waals surface area contributed by atoms with Gasteiger partial charge in [-0.15, -0.1) is 0 Å². The lowest BCUT2D eigenvalue weighted by Gasteiger charge is -2.20. The van der Waals surface area contributed by atoms with Crippen LogP contribution >= 0.6 is 0 Å². The number of fused-ring (bicyclic) bond motifs is 1. The zero-order chi connectivity index (χ0) is 16.4. The Bertz CT molecular complexity index is 718. The van der Waals surface area contributed by atoms with Crippen molar-refractivity contribution in [2.75, 3.05) is 0 Å². The van der Waals surface area contributed by atoms with Crippen LogP contribution in [-0.4, -0.2) is 27.6 Å². The minimum atomic E-state index is -1.00. The SMILES string of the molecule is CC[C@H](C)[C@H](NC(=O)c1cc2cc(C)ccc2n1C)C(=O)O. The fraction of sp³-hybridized carbons (Fsp3) is 0.412. The van der Waals surface area contributed by atoms with Crippen LogP contribution in [0, 0.1) is 12.8 Å². The first-order valence-electron chi connectivity index (χ1n) is 7.45. The number of carboxylic acids is 1. The summed E-state index contributed by atoms with van der Waals surface area (Å²) >= 11 is 0. The second-order valence-electron chi connectivity index (χ2n) is 5.83. The molecule has 1 aromatic heterocycles.